The molecule has 0 saturated heterocycles. The van der Waals surface area contributed by atoms with E-state index in [1.54, 1.807) is 7.05 Å². The Morgan fingerprint density at radius 2 is 1.31 bits per heavy atom. The molecule has 1 rings (SSSR count). The van der Waals surface area contributed by atoms with Crippen molar-refractivity contribution in [1.82, 2.24) is 5.32 Å². The van der Waals surface area contributed by atoms with Crippen molar-refractivity contribution in [3.05, 3.63) is 25.1 Å². The zero-order valence-electron chi connectivity index (χ0n) is 8.21. The van der Waals surface area contributed by atoms with Crippen LogP contribution in [0.15, 0.2) is 0 Å². The van der Waals surface area contributed by atoms with E-state index < -0.39 is 0 Å². The fourth-order valence-electron chi connectivity index (χ4n) is 0.967. The summed E-state index contributed by atoms with van der Waals surface area (Å²) < 4.78 is 5.37. The maximum atomic E-state index is 5.95. The highest BCUT2D eigenvalue weighted by Gasteiger charge is 2.20. The summed E-state index contributed by atoms with van der Waals surface area (Å²) in [6.07, 6.45) is 0. The fourth-order valence-corrected chi connectivity index (χ4v) is 2.20. The van der Waals surface area contributed by atoms with Crippen molar-refractivity contribution in [1.29, 1.82) is 0 Å². The van der Waals surface area contributed by atoms with Crippen LogP contribution in [-0.4, -0.2) is 20.2 Å². The predicted octanol–water partition coefficient (Wildman–Crippen LogP) is 4.55. The number of hydrogen-bond donors (Lipinski definition) is 1. The van der Waals surface area contributed by atoms with Gasteiger partial charge in [-0.2, -0.15) is 0 Å². The van der Waals surface area contributed by atoms with Crippen LogP contribution in [0.2, 0.25) is 25.1 Å². The minimum Gasteiger partial charge on any atom is -0.489 e. The maximum Gasteiger partial charge on any atom is 0.159 e. The van der Waals surface area contributed by atoms with Crippen LogP contribution in [0.1, 0.15) is 0 Å². The molecule has 1 aromatic rings. The summed E-state index contributed by atoms with van der Waals surface area (Å²) in [5.74, 6) is 0.248. The van der Waals surface area contributed by atoms with Crippen molar-refractivity contribution in [2.75, 3.05) is 20.2 Å². The van der Waals surface area contributed by atoms with Gasteiger partial charge in [0.25, 0.3) is 0 Å². The normalized spacial score (nSPS) is 10.6. The Morgan fingerprint density at radius 3 is 1.75 bits per heavy atom. The third kappa shape index (κ3) is 3.00. The number of hydrogen-bond acceptors (Lipinski definition) is 2. The Morgan fingerprint density at radius 1 is 0.875 bits per heavy atom. The molecule has 0 aliphatic rings. The second-order valence-electron chi connectivity index (χ2n) is 2.85. The van der Waals surface area contributed by atoms with Crippen molar-refractivity contribution >= 4 is 58.0 Å². The van der Waals surface area contributed by atoms with E-state index in [-0.39, 0.29) is 30.9 Å². The van der Waals surface area contributed by atoms with Gasteiger partial charge in [0.15, 0.2) is 5.75 Å². The van der Waals surface area contributed by atoms with Gasteiger partial charge in [0.05, 0.1) is 15.1 Å². The number of halogens is 5. The Balaban J connectivity index is 3.08. The second-order valence-corrected chi connectivity index (χ2v) is 4.74. The molecule has 0 spiro atoms. The molecule has 0 radical (unpaired) electrons. The van der Waals surface area contributed by atoms with Crippen LogP contribution >= 0.6 is 58.0 Å². The first-order valence-corrected chi connectivity index (χ1v) is 6.18. The summed E-state index contributed by atoms with van der Waals surface area (Å²) in [4.78, 5) is 0. The SMILES string of the molecule is CNCCOc1c(Cl)c(Cl)c(Cl)c(Cl)c1Cl. The van der Waals surface area contributed by atoms with Crippen LogP contribution in [0, 0.1) is 0 Å². The van der Waals surface area contributed by atoms with Crippen molar-refractivity contribution < 1.29 is 4.74 Å². The van der Waals surface area contributed by atoms with E-state index in [0.717, 1.165) is 0 Å². The molecule has 90 valence electrons. The Hall–Kier alpha value is 0.430. The maximum absolute atomic E-state index is 5.95. The van der Waals surface area contributed by atoms with Gasteiger partial charge in [-0.25, -0.2) is 0 Å². The molecule has 0 aromatic heterocycles. The van der Waals surface area contributed by atoms with Crippen LogP contribution in [-0.2, 0) is 0 Å². The molecule has 2 nitrogen and oxygen atoms in total. The molecule has 0 unspecified atom stereocenters. The standard InChI is InChI=1S/C9H8Cl5NO/c1-15-2-3-16-9-7(13)5(11)4(10)6(12)8(9)14/h15H,2-3H2,1H3. The third-order valence-corrected chi connectivity index (χ3v) is 4.01. The molecule has 0 atom stereocenters. The highest BCUT2D eigenvalue weighted by molar-refractivity contribution is 6.55. The molecule has 7 heteroatoms. The lowest BCUT2D eigenvalue weighted by atomic mass is 10.3. The van der Waals surface area contributed by atoms with Gasteiger partial charge < -0.3 is 10.1 Å². The van der Waals surface area contributed by atoms with Crippen LogP contribution < -0.4 is 10.1 Å². The largest absolute Gasteiger partial charge is 0.489 e. The molecule has 0 fully saturated rings. The van der Waals surface area contributed by atoms with Gasteiger partial charge in [-0.05, 0) is 7.05 Å². The number of likely N-dealkylation sites (N-methyl/N-ethyl adjacent to an activating group) is 1. The van der Waals surface area contributed by atoms with E-state index in [0.29, 0.717) is 13.2 Å². The summed E-state index contributed by atoms with van der Waals surface area (Å²) in [7, 11) is 1.80. The smallest absolute Gasteiger partial charge is 0.159 e. The average Bonchev–Trinajstić information content (AvgIpc) is 2.28. The van der Waals surface area contributed by atoms with Gasteiger partial charge in [0.2, 0.25) is 0 Å². The zero-order chi connectivity index (χ0) is 12.3. The number of ether oxygens (including phenoxy) is 1. The van der Waals surface area contributed by atoms with Gasteiger partial charge in [-0.3, -0.25) is 0 Å². The van der Waals surface area contributed by atoms with Gasteiger partial charge in [0.1, 0.15) is 16.7 Å². The van der Waals surface area contributed by atoms with Gasteiger partial charge in [0, 0.05) is 6.54 Å². The number of benzene rings is 1. The van der Waals surface area contributed by atoms with E-state index in [1.807, 2.05) is 0 Å². The number of rotatable bonds is 4. The lowest BCUT2D eigenvalue weighted by molar-refractivity contribution is 0.319. The van der Waals surface area contributed by atoms with Crippen molar-refractivity contribution in [3.63, 3.8) is 0 Å². The lowest BCUT2D eigenvalue weighted by Gasteiger charge is -2.13. The van der Waals surface area contributed by atoms with Crippen LogP contribution in [0.4, 0.5) is 0 Å². The Bertz CT molecular complexity index is 367. The lowest BCUT2D eigenvalue weighted by Crippen LogP contribution is -2.16. The summed E-state index contributed by atoms with van der Waals surface area (Å²) in [5.41, 5.74) is 0. The molecule has 16 heavy (non-hydrogen) atoms. The van der Waals surface area contributed by atoms with Crippen molar-refractivity contribution in [2.24, 2.45) is 0 Å². The van der Waals surface area contributed by atoms with Gasteiger partial charge in [-0.1, -0.05) is 58.0 Å². The fraction of sp³-hybridized carbons (Fsp3) is 0.333. The van der Waals surface area contributed by atoms with Crippen molar-refractivity contribution in [2.45, 2.75) is 0 Å². The van der Waals surface area contributed by atoms with Crippen LogP contribution in [0.3, 0.4) is 0 Å². The van der Waals surface area contributed by atoms with E-state index >= 15 is 0 Å². The molecule has 0 amide bonds. The first kappa shape index (κ1) is 14.5. The monoisotopic (exact) mass is 321 g/mol. The van der Waals surface area contributed by atoms with E-state index in [2.05, 4.69) is 5.32 Å². The van der Waals surface area contributed by atoms with Crippen molar-refractivity contribution in [3.8, 4) is 5.75 Å². The summed E-state index contributed by atoms with van der Waals surface area (Å²) in [6, 6.07) is 0. The summed E-state index contributed by atoms with van der Waals surface area (Å²) >= 11 is 29.5. The second kappa shape index (κ2) is 6.39. The zero-order valence-corrected chi connectivity index (χ0v) is 12.0. The summed E-state index contributed by atoms with van der Waals surface area (Å²) in [5, 5.41) is 3.64. The molecule has 0 heterocycles. The molecule has 0 aliphatic heterocycles. The Labute approximate surface area is 119 Å². The minimum absolute atomic E-state index is 0.124. The molecular formula is C9H8Cl5NO. The van der Waals surface area contributed by atoms with Crippen LogP contribution in [0.5, 0.6) is 5.75 Å². The molecule has 0 aliphatic carbocycles. The van der Waals surface area contributed by atoms with Crippen LogP contribution in [0.25, 0.3) is 0 Å². The summed E-state index contributed by atoms with van der Waals surface area (Å²) in [6.45, 7) is 1.04. The molecule has 1 aromatic carbocycles. The predicted molar refractivity (Wildman–Crippen MR) is 70.9 cm³/mol. The van der Waals surface area contributed by atoms with E-state index in [4.69, 9.17) is 62.7 Å². The molecule has 0 bridgehead atoms. The first-order valence-electron chi connectivity index (χ1n) is 4.29. The topological polar surface area (TPSA) is 21.3 Å². The highest BCUT2D eigenvalue weighted by atomic mass is 35.5. The quantitative estimate of drug-likeness (QED) is 0.498. The molecule has 1 N–H and O–H groups in total. The van der Waals surface area contributed by atoms with Gasteiger partial charge in [-0.15, -0.1) is 0 Å². The number of nitrogens with one attached hydrogen (secondary N) is 1. The third-order valence-electron chi connectivity index (χ3n) is 1.77. The minimum atomic E-state index is 0.124. The Kier molecular flexibility index (Phi) is 5.78. The average molecular weight is 323 g/mol. The first-order chi connectivity index (χ1) is 7.50. The van der Waals surface area contributed by atoms with E-state index in [1.165, 1.54) is 0 Å². The van der Waals surface area contributed by atoms with Gasteiger partial charge >= 0.3 is 0 Å². The highest BCUT2D eigenvalue weighted by Crippen LogP contribution is 2.48. The molecular weight excluding hydrogens is 315 g/mol. The van der Waals surface area contributed by atoms with E-state index in [9.17, 15) is 0 Å². The molecule has 0 saturated carbocycles.